The summed E-state index contributed by atoms with van der Waals surface area (Å²) in [4.78, 5) is 12.3. The third-order valence-corrected chi connectivity index (χ3v) is 4.82. The van der Waals surface area contributed by atoms with E-state index < -0.39 is 11.8 Å². The van der Waals surface area contributed by atoms with E-state index in [0.717, 1.165) is 12.8 Å². The highest BCUT2D eigenvalue weighted by Gasteiger charge is 2.15. The van der Waals surface area contributed by atoms with Crippen molar-refractivity contribution < 1.29 is 18.3 Å². The number of aryl methyl sites for hydroxylation is 1. The maximum Gasteiger partial charge on any atom is 0.346 e. The van der Waals surface area contributed by atoms with Crippen molar-refractivity contribution in [1.29, 1.82) is 0 Å². The summed E-state index contributed by atoms with van der Waals surface area (Å²) in [7, 11) is 0. The first-order chi connectivity index (χ1) is 14.1. The molecule has 0 bridgehead atoms. The third kappa shape index (κ3) is 5.74. The fraction of sp³-hybridized carbons (Fsp3) is 0.240. The molecular weight excluding hydrogens is 370 g/mol. The molecule has 0 aliphatic carbocycles. The van der Waals surface area contributed by atoms with Crippen molar-refractivity contribution >= 4 is 5.97 Å². The number of carbonyl (C=O) groups excluding carboxylic acids is 1. The molecule has 0 radical (unpaired) electrons. The predicted octanol–water partition coefficient (Wildman–Crippen LogP) is 6.97. The summed E-state index contributed by atoms with van der Waals surface area (Å²) >= 11 is 0. The number of halogens is 2. The molecule has 0 aliphatic rings. The standard InChI is InChI=1S/C25H24F2O2/c1-2-3-4-5-6-18-7-14-22(15-8-18)29-25(28)23-16-11-20(17-24(23)27)19-9-12-21(26)13-10-19/h7-17H,2-6H2,1H3. The van der Waals surface area contributed by atoms with Gasteiger partial charge in [-0.2, -0.15) is 0 Å². The van der Waals surface area contributed by atoms with E-state index in [-0.39, 0.29) is 11.4 Å². The molecule has 0 saturated heterocycles. The molecule has 0 amide bonds. The Labute approximate surface area is 170 Å². The van der Waals surface area contributed by atoms with Crippen LogP contribution in [0.5, 0.6) is 5.75 Å². The normalized spacial score (nSPS) is 10.7. The minimum Gasteiger partial charge on any atom is -0.423 e. The van der Waals surface area contributed by atoms with Gasteiger partial charge in [0.25, 0.3) is 0 Å². The molecule has 0 heterocycles. The van der Waals surface area contributed by atoms with E-state index in [1.807, 2.05) is 12.1 Å². The number of carbonyl (C=O) groups is 1. The summed E-state index contributed by atoms with van der Waals surface area (Å²) in [6.45, 7) is 2.18. The Morgan fingerprint density at radius 1 is 0.828 bits per heavy atom. The molecule has 0 saturated carbocycles. The maximum atomic E-state index is 14.5. The molecule has 2 nitrogen and oxygen atoms in total. The molecule has 0 spiro atoms. The molecular formula is C25H24F2O2. The Hall–Kier alpha value is -3.01. The molecule has 3 aromatic rings. The average Bonchev–Trinajstić information content (AvgIpc) is 2.73. The Morgan fingerprint density at radius 3 is 2.17 bits per heavy atom. The van der Waals surface area contributed by atoms with Crippen LogP contribution in [-0.4, -0.2) is 5.97 Å². The van der Waals surface area contributed by atoms with Crippen molar-refractivity contribution in [3.8, 4) is 16.9 Å². The van der Waals surface area contributed by atoms with Crippen LogP contribution in [0.25, 0.3) is 11.1 Å². The first-order valence-corrected chi connectivity index (χ1v) is 9.93. The van der Waals surface area contributed by atoms with Gasteiger partial charge in [-0.1, -0.05) is 56.5 Å². The number of benzene rings is 3. The van der Waals surface area contributed by atoms with Crippen molar-refractivity contribution in [3.05, 3.63) is 89.5 Å². The smallest absolute Gasteiger partial charge is 0.346 e. The second kappa shape index (κ2) is 9.97. The first kappa shape index (κ1) is 20.7. The lowest BCUT2D eigenvalue weighted by atomic mass is 10.0. The summed E-state index contributed by atoms with van der Waals surface area (Å²) in [6, 6.07) is 17.3. The third-order valence-electron chi connectivity index (χ3n) is 4.82. The van der Waals surface area contributed by atoms with E-state index >= 15 is 0 Å². The van der Waals surface area contributed by atoms with E-state index in [2.05, 4.69) is 6.92 Å². The van der Waals surface area contributed by atoms with Crippen molar-refractivity contribution in [2.75, 3.05) is 0 Å². The van der Waals surface area contributed by atoms with Gasteiger partial charge >= 0.3 is 5.97 Å². The first-order valence-electron chi connectivity index (χ1n) is 9.93. The minimum atomic E-state index is -0.746. The van der Waals surface area contributed by atoms with Crippen LogP contribution in [0.2, 0.25) is 0 Å². The number of unbranched alkanes of at least 4 members (excludes halogenated alkanes) is 3. The van der Waals surface area contributed by atoms with Crippen molar-refractivity contribution in [2.24, 2.45) is 0 Å². The Balaban J connectivity index is 1.63. The quantitative estimate of drug-likeness (QED) is 0.234. The molecule has 0 fully saturated rings. The van der Waals surface area contributed by atoms with Crippen LogP contribution in [0.3, 0.4) is 0 Å². The van der Waals surface area contributed by atoms with E-state index in [0.29, 0.717) is 16.9 Å². The predicted molar refractivity (Wildman–Crippen MR) is 111 cm³/mol. The number of hydrogen-bond donors (Lipinski definition) is 0. The van der Waals surface area contributed by atoms with Gasteiger partial charge in [0.15, 0.2) is 0 Å². The number of ether oxygens (including phenoxy) is 1. The molecule has 0 aliphatic heterocycles. The molecule has 4 heteroatoms. The lowest BCUT2D eigenvalue weighted by Gasteiger charge is -2.08. The van der Waals surface area contributed by atoms with Crippen LogP contribution < -0.4 is 4.74 Å². The molecule has 0 N–H and O–H groups in total. The van der Waals surface area contributed by atoms with Gasteiger partial charge in [0.2, 0.25) is 0 Å². The second-order valence-electron chi connectivity index (χ2n) is 7.05. The molecule has 0 atom stereocenters. The van der Waals surface area contributed by atoms with Crippen LogP contribution >= 0.6 is 0 Å². The van der Waals surface area contributed by atoms with Crippen molar-refractivity contribution in [2.45, 2.75) is 39.0 Å². The largest absolute Gasteiger partial charge is 0.423 e. The summed E-state index contributed by atoms with van der Waals surface area (Å²) < 4.78 is 32.8. The van der Waals surface area contributed by atoms with Gasteiger partial charge in [0, 0.05) is 0 Å². The van der Waals surface area contributed by atoms with Gasteiger partial charge < -0.3 is 4.74 Å². The SMILES string of the molecule is CCCCCCc1ccc(OC(=O)c2ccc(-c3ccc(F)cc3)cc2F)cc1. The summed E-state index contributed by atoms with van der Waals surface area (Å²) in [5.41, 5.74) is 2.28. The summed E-state index contributed by atoms with van der Waals surface area (Å²) in [6.07, 6.45) is 5.78. The molecule has 29 heavy (non-hydrogen) atoms. The van der Waals surface area contributed by atoms with Crippen molar-refractivity contribution in [1.82, 2.24) is 0 Å². The van der Waals surface area contributed by atoms with Crippen molar-refractivity contribution in [3.63, 3.8) is 0 Å². The zero-order valence-electron chi connectivity index (χ0n) is 16.5. The van der Waals surface area contributed by atoms with Crippen LogP contribution in [-0.2, 0) is 6.42 Å². The highest BCUT2D eigenvalue weighted by molar-refractivity contribution is 5.92. The van der Waals surface area contributed by atoms with Crippen LogP contribution in [0.15, 0.2) is 66.7 Å². The molecule has 0 aromatic heterocycles. The van der Waals surface area contributed by atoms with Gasteiger partial charge in [0.05, 0.1) is 5.56 Å². The summed E-state index contributed by atoms with van der Waals surface area (Å²) in [5.74, 6) is -1.40. The average molecular weight is 394 g/mol. The van der Waals surface area contributed by atoms with Crippen LogP contribution in [0, 0.1) is 11.6 Å². The minimum absolute atomic E-state index is 0.139. The van der Waals surface area contributed by atoms with Crippen LogP contribution in [0.4, 0.5) is 8.78 Å². The lowest BCUT2D eigenvalue weighted by molar-refractivity contribution is 0.0730. The molecule has 0 unspecified atom stereocenters. The highest BCUT2D eigenvalue weighted by atomic mass is 19.1. The fourth-order valence-electron chi connectivity index (χ4n) is 3.14. The zero-order valence-corrected chi connectivity index (χ0v) is 16.5. The van der Waals surface area contributed by atoms with E-state index in [1.54, 1.807) is 30.3 Å². The molecule has 3 aromatic carbocycles. The fourth-order valence-corrected chi connectivity index (χ4v) is 3.14. The second-order valence-corrected chi connectivity index (χ2v) is 7.05. The lowest BCUT2D eigenvalue weighted by Crippen LogP contribution is -2.10. The summed E-state index contributed by atoms with van der Waals surface area (Å²) in [5, 5.41) is 0. The molecule has 150 valence electrons. The van der Waals surface area contributed by atoms with E-state index in [1.165, 1.54) is 49.1 Å². The topological polar surface area (TPSA) is 26.3 Å². The number of esters is 1. The number of hydrogen-bond acceptors (Lipinski definition) is 2. The van der Waals surface area contributed by atoms with Gasteiger partial charge in [0.1, 0.15) is 17.4 Å². The van der Waals surface area contributed by atoms with Gasteiger partial charge in [-0.05, 0) is 65.9 Å². The van der Waals surface area contributed by atoms with Gasteiger partial charge in [-0.25, -0.2) is 13.6 Å². The Bertz CT molecular complexity index is 948. The van der Waals surface area contributed by atoms with E-state index in [4.69, 9.17) is 4.74 Å². The maximum absolute atomic E-state index is 14.5. The zero-order chi connectivity index (χ0) is 20.6. The van der Waals surface area contributed by atoms with Gasteiger partial charge in [-0.15, -0.1) is 0 Å². The monoisotopic (exact) mass is 394 g/mol. The van der Waals surface area contributed by atoms with Crippen LogP contribution in [0.1, 0.15) is 48.5 Å². The highest BCUT2D eigenvalue weighted by Crippen LogP contribution is 2.23. The number of rotatable bonds is 8. The van der Waals surface area contributed by atoms with E-state index in [9.17, 15) is 13.6 Å². The Morgan fingerprint density at radius 2 is 1.52 bits per heavy atom. The molecule has 3 rings (SSSR count). The Kier molecular flexibility index (Phi) is 7.12. The van der Waals surface area contributed by atoms with Gasteiger partial charge in [-0.3, -0.25) is 0 Å².